The van der Waals surface area contributed by atoms with Crippen LogP contribution >= 0.6 is 0 Å². The highest BCUT2D eigenvalue weighted by molar-refractivity contribution is 5.86. The van der Waals surface area contributed by atoms with Crippen LogP contribution in [0.3, 0.4) is 0 Å². The van der Waals surface area contributed by atoms with Gasteiger partial charge in [0.05, 0.1) is 0 Å². The lowest BCUT2D eigenvalue weighted by Gasteiger charge is -2.26. The molecule has 108 valence electrons. The monoisotopic (exact) mass is 274 g/mol. The number of carboxylic acid groups (broad SMARTS) is 1. The molecule has 4 heteroatoms. The Morgan fingerprint density at radius 1 is 1.55 bits per heavy atom. The zero-order chi connectivity index (χ0) is 14.3. The Morgan fingerprint density at radius 3 is 3.05 bits per heavy atom. The molecule has 20 heavy (non-hydrogen) atoms. The van der Waals surface area contributed by atoms with Gasteiger partial charge in [-0.25, -0.2) is 4.79 Å². The summed E-state index contributed by atoms with van der Waals surface area (Å²) in [4.78, 5) is 12.9. The summed E-state index contributed by atoms with van der Waals surface area (Å²) in [7, 11) is 0. The second kappa shape index (κ2) is 4.77. The van der Waals surface area contributed by atoms with Crippen molar-refractivity contribution in [1.29, 1.82) is 0 Å². The Labute approximate surface area is 119 Å². The molecule has 0 aromatic heterocycles. The van der Waals surface area contributed by atoms with E-state index in [4.69, 9.17) is 0 Å². The van der Waals surface area contributed by atoms with Crippen molar-refractivity contribution >= 4 is 11.8 Å². The molecule has 1 aliphatic carbocycles. The summed E-state index contributed by atoms with van der Waals surface area (Å²) >= 11 is 0. The van der Waals surface area contributed by atoms with Gasteiger partial charge in [-0.15, -0.1) is 0 Å². The van der Waals surface area contributed by atoms with Gasteiger partial charge in [-0.1, -0.05) is 19.9 Å². The van der Waals surface area contributed by atoms with Crippen molar-refractivity contribution < 1.29 is 9.90 Å². The molecule has 1 aromatic carbocycles. The molecular formula is C16H22N2O2. The van der Waals surface area contributed by atoms with E-state index in [1.807, 2.05) is 13.0 Å². The fraction of sp³-hybridized carbons (Fsp3) is 0.562. The smallest absolute Gasteiger partial charge is 0.411 e. The summed E-state index contributed by atoms with van der Waals surface area (Å²) in [5.74, 6) is 0. The van der Waals surface area contributed by atoms with Crippen LogP contribution in [-0.2, 0) is 11.8 Å². The first kappa shape index (κ1) is 13.4. The molecule has 0 unspecified atom stereocenters. The number of nitrogens with one attached hydrogen (secondary N) is 1. The molecule has 4 nitrogen and oxygen atoms in total. The van der Waals surface area contributed by atoms with E-state index in [1.54, 1.807) is 0 Å². The molecule has 1 fully saturated rings. The number of hydrogen-bond donors (Lipinski definition) is 2. The van der Waals surface area contributed by atoms with Crippen LogP contribution in [0.2, 0.25) is 0 Å². The van der Waals surface area contributed by atoms with Crippen molar-refractivity contribution in [2.24, 2.45) is 0 Å². The Balaban J connectivity index is 1.99. The summed E-state index contributed by atoms with van der Waals surface area (Å²) in [5, 5.41) is 12.9. The molecule has 2 atom stereocenters. The number of rotatable bonds is 3. The van der Waals surface area contributed by atoms with E-state index in [1.165, 1.54) is 16.0 Å². The van der Waals surface area contributed by atoms with Crippen LogP contribution in [0.25, 0.3) is 0 Å². The predicted molar refractivity (Wildman–Crippen MR) is 79.6 cm³/mol. The van der Waals surface area contributed by atoms with E-state index in [0.29, 0.717) is 12.6 Å². The first-order valence-electron chi connectivity index (χ1n) is 7.43. The molecule has 0 saturated carbocycles. The van der Waals surface area contributed by atoms with Crippen LogP contribution < -0.4 is 10.2 Å². The highest BCUT2D eigenvalue weighted by Gasteiger charge is 2.46. The quantitative estimate of drug-likeness (QED) is 0.891. The Bertz CT molecular complexity index is 543. The second-order valence-electron chi connectivity index (χ2n) is 6.15. The normalized spacial score (nSPS) is 27.2. The molecule has 2 N–H and O–H groups in total. The van der Waals surface area contributed by atoms with Gasteiger partial charge in [0.25, 0.3) is 0 Å². The zero-order valence-corrected chi connectivity index (χ0v) is 12.1. The van der Waals surface area contributed by atoms with E-state index in [2.05, 4.69) is 24.4 Å². The van der Waals surface area contributed by atoms with E-state index in [0.717, 1.165) is 31.5 Å². The average molecular weight is 274 g/mol. The minimum Gasteiger partial charge on any atom is -0.465 e. The lowest BCUT2D eigenvalue weighted by Crippen LogP contribution is -2.34. The summed E-state index contributed by atoms with van der Waals surface area (Å²) in [6.45, 7) is 5.91. The van der Waals surface area contributed by atoms with Gasteiger partial charge >= 0.3 is 6.09 Å². The van der Waals surface area contributed by atoms with Crippen molar-refractivity contribution in [1.82, 2.24) is 5.32 Å². The topological polar surface area (TPSA) is 52.6 Å². The third-order valence-corrected chi connectivity index (χ3v) is 4.93. The first-order valence-corrected chi connectivity index (χ1v) is 7.43. The Kier molecular flexibility index (Phi) is 3.21. The number of hydrogen-bond acceptors (Lipinski definition) is 2. The van der Waals surface area contributed by atoms with Gasteiger partial charge in [0, 0.05) is 23.7 Å². The lowest BCUT2D eigenvalue weighted by molar-refractivity contribution is 0.202. The summed E-state index contributed by atoms with van der Waals surface area (Å²) in [6.07, 6.45) is 2.16. The number of carbonyl (C=O) groups is 1. The molecule has 2 aliphatic rings. The van der Waals surface area contributed by atoms with E-state index in [-0.39, 0.29) is 5.41 Å². The maximum Gasteiger partial charge on any atom is 0.411 e. The SMILES string of the molecule is CCCN(C(=O)O)c1ccc2c(c1)[C@]1(C)CCN[C@@H]1C2. The maximum absolute atomic E-state index is 11.4. The molecule has 1 aromatic rings. The predicted octanol–water partition coefficient (Wildman–Crippen LogP) is 2.76. The maximum atomic E-state index is 11.4. The van der Waals surface area contributed by atoms with Crippen LogP contribution in [0.5, 0.6) is 0 Å². The summed E-state index contributed by atoms with van der Waals surface area (Å²) in [5.41, 5.74) is 3.69. The standard InChI is InChI=1S/C16H22N2O2/c1-3-8-18(15(19)20)12-5-4-11-9-14-16(2,6-7-17-14)13(11)10-12/h4-5,10,14,17H,3,6-9H2,1-2H3,(H,19,20)/t14-,16+/m1/s1. The highest BCUT2D eigenvalue weighted by Crippen LogP contribution is 2.45. The summed E-state index contributed by atoms with van der Waals surface area (Å²) in [6, 6.07) is 6.68. The van der Waals surface area contributed by atoms with Crippen molar-refractivity contribution in [3.63, 3.8) is 0 Å². The summed E-state index contributed by atoms with van der Waals surface area (Å²) < 4.78 is 0. The van der Waals surface area contributed by atoms with Crippen molar-refractivity contribution in [3.8, 4) is 0 Å². The van der Waals surface area contributed by atoms with E-state index < -0.39 is 6.09 Å². The average Bonchev–Trinajstić information content (AvgIpc) is 2.90. The van der Waals surface area contributed by atoms with Gasteiger partial charge < -0.3 is 10.4 Å². The van der Waals surface area contributed by atoms with Gasteiger partial charge in [0.1, 0.15) is 0 Å². The Morgan fingerprint density at radius 2 is 2.35 bits per heavy atom. The number of amides is 1. The second-order valence-corrected chi connectivity index (χ2v) is 6.15. The van der Waals surface area contributed by atoms with Crippen molar-refractivity contribution in [2.75, 3.05) is 18.0 Å². The molecule has 1 heterocycles. The molecule has 3 rings (SSSR count). The molecular weight excluding hydrogens is 252 g/mol. The van der Waals surface area contributed by atoms with Gasteiger partial charge in [0.15, 0.2) is 0 Å². The number of nitrogens with zero attached hydrogens (tertiary/aromatic N) is 1. The molecule has 1 amide bonds. The largest absolute Gasteiger partial charge is 0.465 e. The van der Waals surface area contributed by atoms with Crippen LogP contribution in [-0.4, -0.2) is 30.3 Å². The molecule has 1 aliphatic heterocycles. The minimum absolute atomic E-state index is 0.168. The molecule has 1 saturated heterocycles. The zero-order valence-electron chi connectivity index (χ0n) is 12.1. The lowest BCUT2D eigenvalue weighted by atomic mass is 9.80. The van der Waals surface area contributed by atoms with Crippen LogP contribution in [0.1, 0.15) is 37.8 Å². The van der Waals surface area contributed by atoms with Crippen LogP contribution in [0.15, 0.2) is 18.2 Å². The minimum atomic E-state index is -0.865. The number of benzene rings is 1. The third-order valence-electron chi connectivity index (χ3n) is 4.93. The first-order chi connectivity index (χ1) is 9.56. The molecule has 0 radical (unpaired) electrons. The highest BCUT2D eigenvalue weighted by atomic mass is 16.4. The van der Waals surface area contributed by atoms with Crippen molar-refractivity contribution in [2.45, 2.75) is 44.6 Å². The van der Waals surface area contributed by atoms with Crippen molar-refractivity contribution in [3.05, 3.63) is 29.3 Å². The van der Waals surface area contributed by atoms with E-state index in [9.17, 15) is 9.90 Å². The van der Waals surface area contributed by atoms with E-state index >= 15 is 0 Å². The van der Waals surface area contributed by atoms with Crippen LogP contribution in [0.4, 0.5) is 10.5 Å². The van der Waals surface area contributed by atoms with Crippen LogP contribution in [0, 0.1) is 0 Å². The third kappa shape index (κ3) is 1.90. The number of anilines is 1. The fourth-order valence-corrected chi connectivity index (χ4v) is 3.75. The Hall–Kier alpha value is -1.55. The van der Waals surface area contributed by atoms with Gasteiger partial charge in [-0.05, 0) is 49.1 Å². The van der Waals surface area contributed by atoms with Gasteiger partial charge in [-0.3, -0.25) is 4.90 Å². The molecule has 0 spiro atoms. The number of fused-ring (bicyclic) bond motifs is 3. The van der Waals surface area contributed by atoms with Gasteiger partial charge in [-0.2, -0.15) is 0 Å². The fourth-order valence-electron chi connectivity index (χ4n) is 3.75. The van der Waals surface area contributed by atoms with Gasteiger partial charge in [0.2, 0.25) is 0 Å². The molecule has 0 bridgehead atoms.